The Labute approximate surface area is 129 Å². The maximum Gasteiger partial charge on any atom is 0.241 e. The number of thiophene rings is 1. The lowest BCUT2D eigenvalue weighted by atomic mass is 10.0. The molecule has 2 fully saturated rings. The van der Waals surface area contributed by atoms with E-state index in [-0.39, 0.29) is 12.2 Å². The van der Waals surface area contributed by atoms with Crippen molar-refractivity contribution in [3.8, 4) is 0 Å². The van der Waals surface area contributed by atoms with Crippen LogP contribution >= 0.6 is 23.1 Å². The van der Waals surface area contributed by atoms with Gasteiger partial charge in [-0.2, -0.15) is 23.1 Å². The number of amides is 1. The van der Waals surface area contributed by atoms with E-state index in [1.165, 1.54) is 17.7 Å². The maximum atomic E-state index is 12.8. The molecule has 3 unspecified atom stereocenters. The summed E-state index contributed by atoms with van der Waals surface area (Å²) in [5.41, 5.74) is 1.24. The van der Waals surface area contributed by atoms with E-state index in [1.807, 2.05) is 11.8 Å². The summed E-state index contributed by atoms with van der Waals surface area (Å²) in [7, 11) is 0. The predicted octanol–water partition coefficient (Wildman–Crippen LogP) is 3.10. The number of thioether (sulfide) groups is 1. The molecule has 0 aromatic carbocycles. The number of rotatable bonds is 3. The summed E-state index contributed by atoms with van der Waals surface area (Å²) in [5, 5.41) is 7.82. The molecule has 0 saturated carbocycles. The van der Waals surface area contributed by atoms with Gasteiger partial charge in [-0.3, -0.25) is 10.1 Å². The van der Waals surface area contributed by atoms with Crippen molar-refractivity contribution in [2.45, 2.75) is 44.9 Å². The van der Waals surface area contributed by atoms with Crippen LogP contribution in [0, 0.1) is 5.92 Å². The van der Waals surface area contributed by atoms with Crippen molar-refractivity contribution < 1.29 is 4.79 Å². The highest BCUT2D eigenvalue weighted by molar-refractivity contribution is 7.99. The molecule has 110 valence electrons. The quantitative estimate of drug-likeness (QED) is 0.931. The molecule has 1 aromatic rings. The molecule has 3 nitrogen and oxygen atoms in total. The lowest BCUT2D eigenvalue weighted by Crippen LogP contribution is -2.43. The first kappa shape index (κ1) is 14.4. The Morgan fingerprint density at radius 3 is 2.90 bits per heavy atom. The Kier molecular flexibility index (Phi) is 4.38. The largest absolute Gasteiger partial charge is 0.318 e. The van der Waals surface area contributed by atoms with Crippen LogP contribution in [-0.4, -0.2) is 34.4 Å². The molecular formula is C15H22N2OS2. The van der Waals surface area contributed by atoms with E-state index < -0.39 is 0 Å². The fourth-order valence-corrected chi connectivity index (χ4v) is 4.92. The lowest BCUT2D eigenvalue weighted by Gasteiger charge is -2.34. The van der Waals surface area contributed by atoms with Crippen molar-refractivity contribution in [2.75, 3.05) is 11.5 Å². The van der Waals surface area contributed by atoms with Gasteiger partial charge in [0.05, 0.1) is 6.04 Å². The van der Waals surface area contributed by atoms with Gasteiger partial charge in [0.15, 0.2) is 0 Å². The van der Waals surface area contributed by atoms with Crippen LogP contribution in [0.5, 0.6) is 0 Å². The Bertz CT molecular complexity index is 454. The fourth-order valence-electron chi connectivity index (χ4n) is 3.11. The van der Waals surface area contributed by atoms with Crippen LogP contribution in [-0.2, 0) is 4.79 Å². The molecule has 0 spiro atoms. The molecule has 20 heavy (non-hydrogen) atoms. The Morgan fingerprint density at radius 2 is 2.30 bits per heavy atom. The highest BCUT2D eigenvalue weighted by Crippen LogP contribution is 2.34. The summed E-state index contributed by atoms with van der Waals surface area (Å²) in [4.78, 5) is 14.9. The molecule has 2 aliphatic heterocycles. The zero-order valence-electron chi connectivity index (χ0n) is 12.0. The zero-order valence-corrected chi connectivity index (χ0v) is 13.7. The molecule has 1 aromatic heterocycles. The van der Waals surface area contributed by atoms with Crippen molar-refractivity contribution >= 4 is 29.0 Å². The van der Waals surface area contributed by atoms with E-state index in [0.717, 1.165) is 12.2 Å². The minimum atomic E-state index is -0.0353. The molecule has 3 heterocycles. The molecule has 2 saturated heterocycles. The monoisotopic (exact) mass is 310 g/mol. The summed E-state index contributed by atoms with van der Waals surface area (Å²) < 4.78 is 0. The van der Waals surface area contributed by atoms with Gasteiger partial charge in [-0.25, -0.2) is 0 Å². The Balaban J connectivity index is 1.87. The summed E-state index contributed by atoms with van der Waals surface area (Å²) in [6.07, 6.45) is 2.44. The first-order valence-electron chi connectivity index (χ1n) is 7.36. The Morgan fingerprint density at radius 1 is 1.45 bits per heavy atom. The standard InChI is InChI=1S/C15H22N2OS2/c1-10(2)13-15(18)17(12-4-3-6-19-9-12)14(16-13)11-5-7-20-8-11/h5,7-8,10,12-14,16H,3-4,6,9H2,1-2H3. The second-order valence-electron chi connectivity index (χ2n) is 5.96. The molecule has 0 radical (unpaired) electrons. The van der Waals surface area contributed by atoms with Gasteiger partial charge < -0.3 is 4.90 Å². The average molecular weight is 310 g/mol. The number of nitrogens with one attached hydrogen (secondary N) is 1. The SMILES string of the molecule is CC(C)C1NC(c2ccsc2)N(C2CCCSC2)C1=O. The van der Waals surface area contributed by atoms with Gasteiger partial charge in [-0.05, 0) is 46.9 Å². The topological polar surface area (TPSA) is 32.3 Å². The summed E-state index contributed by atoms with van der Waals surface area (Å²) in [5.74, 6) is 2.95. The first-order valence-corrected chi connectivity index (χ1v) is 9.46. The molecule has 3 atom stereocenters. The highest BCUT2D eigenvalue weighted by atomic mass is 32.2. The average Bonchev–Trinajstić information content (AvgIpc) is 3.06. The fraction of sp³-hybridized carbons (Fsp3) is 0.667. The van der Waals surface area contributed by atoms with Crippen molar-refractivity contribution in [3.05, 3.63) is 22.4 Å². The highest BCUT2D eigenvalue weighted by Gasteiger charge is 2.44. The summed E-state index contributed by atoms with van der Waals surface area (Å²) >= 11 is 3.68. The Hall–Kier alpha value is -0.520. The molecule has 2 aliphatic rings. The molecule has 1 amide bonds. The van der Waals surface area contributed by atoms with Crippen molar-refractivity contribution in [1.29, 1.82) is 0 Å². The third kappa shape index (κ3) is 2.63. The summed E-state index contributed by atoms with van der Waals surface area (Å²) in [6, 6.07) is 2.50. The van der Waals surface area contributed by atoms with Gasteiger partial charge in [0.25, 0.3) is 0 Å². The van der Waals surface area contributed by atoms with E-state index >= 15 is 0 Å². The number of hydrogen-bond acceptors (Lipinski definition) is 4. The van der Waals surface area contributed by atoms with Gasteiger partial charge in [-0.15, -0.1) is 0 Å². The van der Waals surface area contributed by atoms with Gasteiger partial charge in [0.2, 0.25) is 5.91 Å². The van der Waals surface area contributed by atoms with Crippen LogP contribution in [0.15, 0.2) is 16.8 Å². The molecule has 0 aliphatic carbocycles. The normalized spacial score (nSPS) is 31.2. The van der Waals surface area contributed by atoms with Crippen LogP contribution < -0.4 is 5.32 Å². The van der Waals surface area contributed by atoms with Crippen LogP contribution in [0.25, 0.3) is 0 Å². The number of carbonyl (C=O) groups excluding carboxylic acids is 1. The van der Waals surface area contributed by atoms with Gasteiger partial charge in [-0.1, -0.05) is 13.8 Å². The smallest absolute Gasteiger partial charge is 0.241 e. The third-order valence-electron chi connectivity index (χ3n) is 4.19. The van der Waals surface area contributed by atoms with Crippen LogP contribution in [0.2, 0.25) is 0 Å². The summed E-state index contributed by atoms with van der Waals surface area (Å²) in [6.45, 7) is 4.25. The van der Waals surface area contributed by atoms with Crippen LogP contribution in [0.3, 0.4) is 0 Å². The van der Waals surface area contributed by atoms with Gasteiger partial charge in [0.1, 0.15) is 6.17 Å². The lowest BCUT2D eigenvalue weighted by molar-refractivity contribution is -0.132. The van der Waals surface area contributed by atoms with Crippen LogP contribution in [0.1, 0.15) is 38.4 Å². The number of hydrogen-bond donors (Lipinski definition) is 1. The van der Waals surface area contributed by atoms with E-state index in [4.69, 9.17) is 0 Å². The molecule has 3 rings (SSSR count). The molecule has 5 heteroatoms. The number of carbonyl (C=O) groups is 1. The third-order valence-corrected chi connectivity index (χ3v) is 6.09. The predicted molar refractivity (Wildman–Crippen MR) is 86.0 cm³/mol. The van der Waals surface area contributed by atoms with Crippen molar-refractivity contribution in [1.82, 2.24) is 10.2 Å². The second kappa shape index (κ2) is 6.08. The van der Waals surface area contributed by atoms with Gasteiger partial charge in [0, 0.05) is 11.8 Å². The van der Waals surface area contributed by atoms with Crippen molar-refractivity contribution in [2.24, 2.45) is 5.92 Å². The zero-order chi connectivity index (χ0) is 14.1. The van der Waals surface area contributed by atoms with E-state index in [2.05, 4.69) is 40.9 Å². The van der Waals surface area contributed by atoms with E-state index in [9.17, 15) is 4.79 Å². The first-order chi connectivity index (χ1) is 9.68. The minimum Gasteiger partial charge on any atom is -0.318 e. The van der Waals surface area contributed by atoms with Gasteiger partial charge >= 0.3 is 0 Å². The molecule has 0 bridgehead atoms. The van der Waals surface area contributed by atoms with E-state index in [1.54, 1.807) is 11.3 Å². The molecular weight excluding hydrogens is 288 g/mol. The number of nitrogens with zero attached hydrogens (tertiary/aromatic N) is 1. The van der Waals surface area contributed by atoms with E-state index in [0.29, 0.717) is 17.9 Å². The molecule has 1 N–H and O–H groups in total. The van der Waals surface area contributed by atoms with Crippen molar-refractivity contribution in [3.63, 3.8) is 0 Å². The maximum absolute atomic E-state index is 12.8. The minimum absolute atomic E-state index is 0.0353. The second-order valence-corrected chi connectivity index (χ2v) is 7.89. The van der Waals surface area contributed by atoms with Crippen LogP contribution in [0.4, 0.5) is 0 Å².